The summed E-state index contributed by atoms with van der Waals surface area (Å²) in [6.07, 6.45) is 0.281. The highest BCUT2D eigenvalue weighted by molar-refractivity contribution is 6.00. The number of ether oxygens (including phenoxy) is 1. The number of nitrogens with two attached hydrogens (primary N) is 1. The first kappa shape index (κ1) is 13.4. The van der Waals surface area contributed by atoms with Gasteiger partial charge in [0.1, 0.15) is 0 Å². The van der Waals surface area contributed by atoms with Crippen LogP contribution in [0.2, 0.25) is 0 Å². The van der Waals surface area contributed by atoms with E-state index >= 15 is 0 Å². The molecule has 0 saturated carbocycles. The van der Waals surface area contributed by atoms with Crippen LogP contribution in [0.25, 0.3) is 0 Å². The standard InChI is InChI=1S/C13H17NO3/c1-8-6-10(12(15)4-5-14)7-11(9(8)2)13(16)17-3/h6-7H,4-5,14H2,1-3H3. The Morgan fingerprint density at radius 2 is 1.94 bits per heavy atom. The highest BCUT2D eigenvalue weighted by Crippen LogP contribution is 2.18. The van der Waals surface area contributed by atoms with Crippen LogP contribution in [0.4, 0.5) is 0 Å². The average Bonchev–Trinajstić information content (AvgIpc) is 2.31. The van der Waals surface area contributed by atoms with Crippen molar-refractivity contribution >= 4 is 11.8 Å². The number of hydrogen-bond donors (Lipinski definition) is 1. The molecule has 2 N–H and O–H groups in total. The van der Waals surface area contributed by atoms with Crippen LogP contribution in [0.15, 0.2) is 12.1 Å². The second-order valence-corrected chi connectivity index (χ2v) is 3.92. The van der Waals surface area contributed by atoms with Crippen molar-refractivity contribution in [3.63, 3.8) is 0 Å². The van der Waals surface area contributed by atoms with E-state index in [1.807, 2.05) is 13.8 Å². The van der Waals surface area contributed by atoms with E-state index in [4.69, 9.17) is 10.5 Å². The van der Waals surface area contributed by atoms with E-state index in [0.717, 1.165) is 11.1 Å². The molecule has 1 aromatic carbocycles. The number of carbonyl (C=O) groups excluding carboxylic acids is 2. The quantitative estimate of drug-likeness (QED) is 0.636. The molecule has 17 heavy (non-hydrogen) atoms. The molecule has 0 unspecified atom stereocenters. The first-order valence-electron chi connectivity index (χ1n) is 5.44. The molecule has 0 aliphatic heterocycles. The zero-order chi connectivity index (χ0) is 13.0. The molecule has 0 bridgehead atoms. The predicted octanol–water partition coefficient (Wildman–Crippen LogP) is 1.62. The van der Waals surface area contributed by atoms with E-state index in [-0.39, 0.29) is 12.2 Å². The minimum atomic E-state index is -0.423. The summed E-state index contributed by atoms with van der Waals surface area (Å²) in [7, 11) is 1.32. The van der Waals surface area contributed by atoms with Gasteiger partial charge in [-0.15, -0.1) is 0 Å². The Morgan fingerprint density at radius 1 is 1.29 bits per heavy atom. The fourth-order valence-corrected chi connectivity index (χ4v) is 1.62. The lowest BCUT2D eigenvalue weighted by Crippen LogP contribution is -2.11. The monoisotopic (exact) mass is 235 g/mol. The predicted molar refractivity (Wildman–Crippen MR) is 65.3 cm³/mol. The fourth-order valence-electron chi connectivity index (χ4n) is 1.62. The van der Waals surface area contributed by atoms with Gasteiger partial charge in [-0.3, -0.25) is 4.79 Å². The number of benzene rings is 1. The molecule has 4 heteroatoms. The van der Waals surface area contributed by atoms with Crippen molar-refractivity contribution in [2.75, 3.05) is 13.7 Å². The number of methoxy groups -OCH3 is 1. The topological polar surface area (TPSA) is 69.4 Å². The van der Waals surface area contributed by atoms with Crippen molar-refractivity contribution in [2.24, 2.45) is 5.73 Å². The third-order valence-corrected chi connectivity index (χ3v) is 2.77. The lowest BCUT2D eigenvalue weighted by Gasteiger charge is -2.09. The van der Waals surface area contributed by atoms with E-state index in [9.17, 15) is 9.59 Å². The molecule has 4 nitrogen and oxygen atoms in total. The molecule has 92 valence electrons. The highest BCUT2D eigenvalue weighted by atomic mass is 16.5. The summed E-state index contributed by atoms with van der Waals surface area (Å²) in [6, 6.07) is 3.35. The van der Waals surface area contributed by atoms with Gasteiger partial charge in [0, 0.05) is 12.0 Å². The number of carbonyl (C=O) groups is 2. The number of esters is 1. The normalized spacial score (nSPS) is 10.1. The molecule has 1 aromatic rings. The number of hydrogen-bond acceptors (Lipinski definition) is 4. The molecule has 0 radical (unpaired) electrons. The van der Waals surface area contributed by atoms with Crippen LogP contribution in [-0.4, -0.2) is 25.4 Å². The molecule has 0 atom stereocenters. The second kappa shape index (κ2) is 5.59. The van der Waals surface area contributed by atoms with E-state index in [1.165, 1.54) is 7.11 Å². The zero-order valence-electron chi connectivity index (χ0n) is 10.4. The molecule has 0 saturated heterocycles. The van der Waals surface area contributed by atoms with Crippen LogP contribution in [0.5, 0.6) is 0 Å². The molecule has 0 amide bonds. The maximum atomic E-state index is 11.7. The van der Waals surface area contributed by atoms with Crippen LogP contribution >= 0.6 is 0 Å². The Bertz CT molecular complexity index is 452. The van der Waals surface area contributed by atoms with Gasteiger partial charge in [0.15, 0.2) is 5.78 Å². The first-order chi connectivity index (χ1) is 8.01. The number of Topliss-reactive ketones (excluding diaryl/α,β-unsaturated/α-hetero) is 1. The first-order valence-corrected chi connectivity index (χ1v) is 5.44. The van der Waals surface area contributed by atoms with Crippen LogP contribution in [-0.2, 0) is 4.74 Å². The van der Waals surface area contributed by atoms with Crippen LogP contribution in [0, 0.1) is 13.8 Å². The number of rotatable bonds is 4. The molecule has 0 aliphatic rings. The highest BCUT2D eigenvalue weighted by Gasteiger charge is 2.15. The SMILES string of the molecule is COC(=O)c1cc(C(=O)CCN)cc(C)c1C. The van der Waals surface area contributed by atoms with Crippen molar-refractivity contribution in [2.45, 2.75) is 20.3 Å². The van der Waals surface area contributed by atoms with Crippen LogP contribution in [0.1, 0.15) is 38.3 Å². The third-order valence-electron chi connectivity index (χ3n) is 2.77. The average molecular weight is 235 g/mol. The molecule has 0 aliphatic carbocycles. The lowest BCUT2D eigenvalue weighted by atomic mass is 9.97. The Hall–Kier alpha value is -1.68. The molecular formula is C13H17NO3. The Kier molecular flexibility index (Phi) is 4.40. The molecule has 0 heterocycles. The van der Waals surface area contributed by atoms with Crippen LogP contribution < -0.4 is 5.73 Å². The van der Waals surface area contributed by atoms with Crippen molar-refractivity contribution in [3.05, 3.63) is 34.4 Å². The second-order valence-electron chi connectivity index (χ2n) is 3.92. The summed E-state index contributed by atoms with van der Waals surface area (Å²) in [5.74, 6) is -0.478. The number of aryl methyl sites for hydroxylation is 1. The van der Waals surface area contributed by atoms with Gasteiger partial charge in [0.2, 0.25) is 0 Å². The van der Waals surface area contributed by atoms with E-state index < -0.39 is 5.97 Å². The zero-order valence-corrected chi connectivity index (χ0v) is 10.4. The van der Waals surface area contributed by atoms with Gasteiger partial charge in [-0.2, -0.15) is 0 Å². The summed E-state index contributed by atoms with van der Waals surface area (Å²) in [5, 5.41) is 0. The van der Waals surface area contributed by atoms with Crippen molar-refractivity contribution in [1.82, 2.24) is 0 Å². The van der Waals surface area contributed by atoms with Gasteiger partial charge in [-0.05, 0) is 43.7 Å². The van der Waals surface area contributed by atoms with Gasteiger partial charge >= 0.3 is 5.97 Å². The fraction of sp³-hybridized carbons (Fsp3) is 0.385. The molecule has 0 spiro atoms. The smallest absolute Gasteiger partial charge is 0.338 e. The summed E-state index contributed by atoms with van der Waals surface area (Å²) in [4.78, 5) is 23.3. The largest absolute Gasteiger partial charge is 0.465 e. The Balaban J connectivity index is 3.23. The van der Waals surface area contributed by atoms with Crippen LogP contribution in [0.3, 0.4) is 0 Å². The summed E-state index contributed by atoms with van der Waals surface area (Å²) in [6.45, 7) is 4.00. The summed E-state index contributed by atoms with van der Waals surface area (Å²) < 4.78 is 4.69. The minimum absolute atomic E-state index is 0.0549. The van der Waals surface area contributed by atoms with E-state index in [2.05, 4.69) is 0 Å². The maximum Gasteiger partial charge on any atom is 0.338 e. The summed E-state index contributed by atoms with van der Waals surface area (Å²) >= 11 is 0. The van der Waals surface area contributed by atoms with E-state index in [0.29, 0.717) is 17.7 Å². The Labute approximate surface area is 101 Å². The van der Waals surface area contributed by atoms with Gasteiger partial charge in [0.25, 0.3) is 0 Å². The van der Waals surface area contributed by atoms with Crippen molar-refractivity contribution in [1.29, 1.82) is 0 Å². The molecule has 1 rings (SSSR count). The number of ketones is 1. The third kappa shape index (κ3) is 2.91. The van der Waals surface area contributed by atoms with Gasteiger partial charge in [-0.25, -0.2) is 4.79 Å². The minimum Gasteiger partial charge on any atom is -0.465 e. The molecule has 0 aromatic heterocycles. The Morgan fingerprint density at radius 3 is 2.47 bits per heavy atom. The molecular weight excluding hydrogens is 218 g/mol. The van der Waals surface area contributed by atoms with Crippen molar-refractivity contribution < 1.29 is 14.3 Å². The van der Waals surface area contributed by atoms with Gasteiger partial charge in [-0.1, -0.05) is 0 Å². The maximum absolute atomic E-state index is 11.7. The van der Waals surface area contributed by atoms with Crippen molar-refractivity contribution in [3.8, 4) is 0 Å². The lowest BCUT2D eigenvalue weighted by molar-refractivity contribution is 0.0600. The van der Waals surface area contributed by atoms with Gasteiger partial charge < -0.3 is 10.5 Å². The van der Waals surface area contributed by atoms with E-state index in [1.54, 1.807) is 12.1 Å². The molecule has 0 fully saturated rings. The van der Waals surface area contributed by atoms with Gasteiger partial charge in [0.05, 0.1) is 12.7 Å². The summed E-state index contributed by atoms with van der Waals surface area (Å²) in [5.41, 5.74) is 8.03.